The van der Waals surface area contributed by atoms with Gasteiger partial charge in [-0.2, -0.15) is 0 Å². The molecule has 1 N–H and O–H groups in total. The average molecular weight is 391 g/mol. The summed E-state index contributed by atoms with van der Waals surface area (Å²) in [6.45, 7) is 6.56. The van der Waals surface area contributed by atoms with Gasteiger partial charge in [-0.05, 0) is 31.2 Å². The van der Waals surface area contributed by atoms with E-state index < -0.39 is 0 Å². The Morgan fingerprint density at radius 2 is 2.30 bits per heavy atom. The van der Waals surface area contributed by atoms with Crippen molar-refractivity contribution in [2.75, 3.05) is 32.8 Å². The van der Waals surface area contributed by atoms with E-state index in [1.807, 2.05) is 17.5 Å². The largest absolute Gasteiger partial charge is 0.443 e. The maximum Gasteiger partial charge on any atom is 0.236 e. The van der Waals surface area contributed by atoms with Crippen molar-refractivity contribution in [1.29, 1.82) is 0 Å². The molecule has 0 aliphatic carbocycles. The van der Waals surface area contributed by atoms with Crippen LogP contribution in [0.5, 0.6) is 0 Å². The van der Waals surface area contributed by atoms with Gasteiger partial charge in [0.05, 0.1) is 24.1 Å². The van der Waals surface area contributed by atoms with Crippen LogP contribution in [-0.4, -0.2) is 60.9 Å². The second-order valence-corrected chi connectivity index (χ2v) is 7.65. The van der Waals surface area contributed by atoms with E-state index in [4.69, 9.17) is 18.9 Å². The zero-order valence-electron chi connectivity index (χ0n) is 15.6. The third-order valence-electron chi connectivity index (χ3n) is 4.78. The first kappa shape index (κ1) is 18.5. The molecule has 4 rings (SSSR count). The van der Waals surface area contributed by atoms with E-state index in [1.54, 1.807) is 17.6 Å². The van der Waals surface area contributed by atoms with Crippen LogP contribution < -0.4 is 5.32 Å². The summed E-state index contributed by atoms with van der Waals surface area (Å²) in [6.07, 6.45) is 4.21. The number of nitrogens with one attached hydrogen (secondary N) is 1. The minimum absolute atomic E-state index is 0.114. The first-order valence-electron chi connectivity index (χ1n) is 9.58. The van der Waals surface area contributed by atoms with Gasteiger partial charge in [-0.3, -0.25) is 0 Å². The highest BCUT2D eigenvalue weighted by Crippen LogP contribution is 2.24. The number of ether oxygens (including phenoxy) is 2. The quantitative estimate of drug-likeness (QED) is 0.625. The molecule has 0 spiro atoms. The fourth-order valence-electron chi connectivity index (χ4n) is 3.46. The SMILES string of the molecule is CCNC(=NCc1coc(-c2cccs2)n1)N1CCOC(C2CCCO2)C1. The van der Waals surface area contributed by atoms with Crippen LogP contribution >= 0.6 is 11.3 Å². The number of aliphatic imine (C=N–C) groups is 1. The summed E-state index contributed by atoms with van der Waals surface area (Å²) in [5.74, 6) is 1.55. The number of oxazole rings is 1. The van der Waals surface area contributed by atoms with E-state index in [0.29, 0.717) is 19.0 Å². The fourth-order valence-corrected chi connectivity index (χ4v) is 4.12. The standard InChI is InChI=1S/C19H26N4O3S/c1-2-20-19(23-7-9-25-16(12-23)15-5-3-8-24-15)21-11-14-13-26-18(22-14)17-6-4-10-27-17/h4,6,10,13,15-16H,2-3,5,7-9,11-12H2,1H3,(H,20,21). The molecular weight excluding hydrogens is 364 g/mol. The maximum atomic E-state index is 5.95. The Labute approximate surface area is 163 Å². The Bertz CT molecular complexity index is 740. The lowest BCUT2D eigenvalue weighted by atomic mass is 10.1. The Morgan fingerprint density at radius 3 is 3.07 bits per heavy atom. The molecule has 7 nitrogen and oxygen atoms in total. The lowest BCUT2D eigenvalue weighted by Gasteiger charge is -2.37. The fraction of sp³-hybridized carbons (Fsp3) is 0.579. The van der Waals surface area contributed by atoms with Crippen molar-refractivity contribution in [2.24, 2.45) is 4.99 Å². The van der Waals surface area contributed by atoms with Gasteiger partial charge in [0.25, 0.3) is 0 Å². The van der Waals surface area contributed by atoms with Gasteiger partial charge in [-0.15, -0.1) is 11.3 Å². The van der Waals surface area contributed by atoms with E-state index >= 15 is 0 Å². The van der Waals surface area contributed by atoms with Crippen LogP contribution in [0.25, 0.3) is 10.8 Å². The molecule has 8 heteroatoms. The predicted molar refractivity (Wildman–Crippen MR) is 105 cm³/mol. The van der Waals surface area contributed by atoms with Crippen LogP contribution in [0.4, 0.5) is 0 Å². The number of guanidine groups is 1. The number of rotatable bonds is 5. The van der Waals surface area contributed by atoms with E-state index in [9.17, 15) is 0 Å². The van der Waals surface area contributed by atoms with Crippen molar-refractivity contribution in [1.82, 2.24) is 15.2 Å². The topological polar surface area (TPSA) is 72.1 Å². The average Bonchev–Trinajstić information content (AvgIpc) is 3.47. The molecule has 0 amide bonds. The van der Waals surface area contributed by atoms with Crippen LogP contribution in [0.1, 0.15) is 25.5 Å². The van der Waals surface area contributed by atoms with E-state index in [0.717, 1.165) is 55.6 Å². The molecule has 146 valence electrons. The molecule has 2 fully saturated rings. The van der Waals surface area contributed by atoms with Crippen molar-refractivity contribution in [3.05, 3.63) is 29.5 Å². The number of thiophene rings is 1. The summed E-state index contributed by atoms with van der Waals surface area (Å²) in [6, 6.07) is 4.00. The summed E-state index contributed by atoms with van der Waals surface area (Å²) in [5, 5.41) is 5.41. The van der Waals surface area contributed by atoms with Gasteiger partial charge < -0.3 is 24.1 Å². The number of morpholine rings is 1. The van der Waals surface area contributed by atoms with Gasteiger partial charge in [0.2, 0.25) is 5.89 Å². The molecule has 2 saturated heterocycles. The molecule has 2 atom stereocenters. The summed E-state index contributed by atoms with van der Waals surface area (Å²) < 4.78 is 17.4. The van der Waals surface area contributed by atoms with Crippen LogP contribution in [0.2, 0.25) is 0 Å². The van der Waals surface area contributed by atoms with E-state index in [2.05, 4.69) is 22.1 Å². The van der Waals surface area contributed by atoms with Gasteiger partial charge in [0.15, 0.2) is 5.96 Å². The molecule has 2 unspecified atom stereocenters. The molecule has 2 aliphatic rings. The highest BCUT2D eigenvalue weighted by Gasteiger charge is 2.32. The lowest BCUT2D eigenvalue weighted by Crippen LogP contribution is -2.53. The Kier molecular flexibility index (Phi) is 6.06. The van der Waals surface area contributed by atoms with Crippen LogP contribution in [0.3, 0.4) is 0 Å². The highest BCUT2D eigenvalue weighted by molar-refractivity contribution is 7.13. The lowest BCUT2D eigenvalue weighted by molar-refractivity contribution is -0.0817. The Balaban J connectivity index is 1.42. The normalized spacial score (nSPS) is 23.7. The zero-order valence-corrected chi connectivity index (χ0v) is 16.4. The van der Waals surface area contributed by atoms with E-state index in [-0.39, 0.29) is 12.2 Å². The predicted octanol–water partition coefficient (Wildman–Crippen LogP) is 2.75. The monoisotopic (exact) mass is 390 g/mol. The molecule has 2 aromatic rings. The number of hydrogen-bond acceptors (Lipinski definition) is 6. The number of hydrogen-bond donors (Lipinski definition) is 1. The third-order valence-corrected chi connectivity index (χ3v) is 5.64. The summed E-state index contributed by atoms with van der Waals surface area (Å²) in [5.41, 5.74) is 0.831. The molecule has 0 radical (unpaired) electrons. The van der Waals surface area contributed by atoms with E-state index in [1.165, 1.54) is 0 Å². The number of aromatic nitrogens is 1. The molecule has 2 aliphatic heterocycles. The van der Waals surface area contributed by atoms with Gasteiger partial charge in [-0.1, -0.05) is 6.07 Å². The smallest absolute Gasteiger partial charge is 0.236 e. The van der Waals surface area contributed by atoms with Gasteiger partial charge in [-0.25, -0.2) is 9.98 Å². The summed E-state index contributed by atoms with van der Waals surface area (Å²) in [7, 11) is 0. The third kappa shape index (κ3) is 4.51. The van der Waals surface area contributed by atoms with Gasteiger partial charge >= 0.3 is 0 Å². The maximum absolute atomic E-state index is 5.95. The van der Waals surface area contributed by atoms with Crippen molar-refractivity contribution in [2.45, 2.75) is 38.5 Å². The van der Waals surface area contributed by atoms with Gasteiger partial charge in [0.1, 0.15) is 18.1 Å². The molecule has 0 saturated carbocycles. The molecule has 4 heterocycles. The van der Waals surface area contributed by atoms with Crippen molar-refractivity contribution < 1.29 is 13.9 Å². The van der Waals surface area contributed by atoms with Gasteiger partial charge in [0, 0.05) is 26.2 Å². The molecule has 27 heavy (non-hydrogen) atoms. The molecular formula is C19H26N4O3S. The second-order valence-electron chi connectivity index (χ2n) is 6.70. The first-order chi connectivity index (χ1) is 13.3. The number of nitrogens with zero attached hydrogens (tertiary/aromatic N) is 3. The highest BCUT2D eigenvalue weighted by atomic mass is 32.1. The van der Waals surface area contributed by atoms with Crippen molar-refractivity contribution in [3.8, 4) is 10.8 Å². The summed E-state index contributed by atoms with van der Waals surface area (Å²) >= 11 is 1.62. The molecule has 2 aromatic heterocycles. The first-order valence-corrected chi connectivity index (χ1v) is 10.5. The Hall–Kier alpha value is -1.90. The summed E-state index contributed by atoms with van der Waals surface area (Å²) in [4.78, 5) is 12.6. The molecule has 0 bridgehead atoms. The van der Waals surface area contributed by atoms with Crippen molar-refractivity contribution in [3.63, 3.8) is 0 Å². The van der Waals surface area contributed by atoms with Crippen LogP contribution in [0, 0.1) is 0 Å². The minimum Gasteiger partial charge on any atom is -0.443 e. The van der Waals surface area contributed by atoms with Crippen LogP contribution in [0.15, 0.2) is 33.2 Å². The molecule has 0 aromatic carbocycles. The van der Waals surface area contributed by atoms with Crippen LogP contribution in [-0.2, 0) is 16.0 Å². The Morgan fingerprint density at radius 1 is 1.37 bits per heavy atom. The minimum atomic E-state index is 0.114. The van der Waals surface area contributed by atoms with Crippen molar-refractivity contribution >= 4 is 17.3 Å². The second kappa shape index (κ2) is 8.86. The zero-order chi connectivity index (χ0) is 18.5.